The first-order valence-corrected chi connectivity index (χ1v) is 9.36. The molecule has 122 valence electrons. The van der Waals surface area contributed by atoms with Crippen LogP contribution in [0.25, 0.3) is 0 Å². The molecule has 0 N–H and O–H groups in total. The van der Waals surface area contributed by atoms with Crippen LogP contribution in [0.2, 0.25) is 0 Å². The lowest BCUT2D eigenvalue weighted by atomic mass is 9.70. The summed E-state index contributed by atoms with van der Waals surface area (Å²) in [4.78, 5) is 11.1. The molecule has 2 nitrogen and oxygen atoms in total. The molecule has 2 rings (SSSR count). The van der Waals surface area contributed by atoms with Gasteiger partial charge in [-0.05, 0) is 56.3 Å². The SMILES string of the molecule is CCCCC[C@H]1CC[C@@H]([C@@H]2CCC[C@@H](OC(C)=O)C2)CC1. The minimum atomic E-state index is -0.0970. The molecule has 21 heavy (non-hydrogen) atoms. The normalized spacial score (nSPS) is 33.6. The zero-order valence-corrected chi connectivity index (χ0v) is 14.1. The van der Waals surface area contributed by atoms with Crippen molar-refractivity contribution < 1.29 is 9.53 Å². The predicted molar refractivity (Wildman–Crippen MR) is 87.1 cm³/mol. The predicted octanol–water partition coefficient (Wildman–Crippen LogP) is 5.50. The van der Waals surface area contributed by atoms with Gasteiger partial charge in [-0.15, -0.1) is 0 Å². The Morgan fingerprint density at radius 2 is 1.76 bits per heavy atom. The highest BCUT2D eigenvalue weighted by atomic mass is 16.5. The zero-order valence-electron chi connectivity index (χ0n) is 14.1. The molecule has 0 bridgehead atoms. The maximum absolute atomic E-state index is 11.1. The molecule has 0 amide bonds. The molecule has 2 aliphatic carbocycles. The standard InChI is InChI=1S/C19H34O2/c1-3-4-5-7-16-10-12-17(13-11-16)18-8-6-9-19(14-18)21-15(2)20/h16-19H,3-14H2,1-2H3/t16-,17+,18-,19-/m1/s1. The van der Waals surface area contributed by atoms with E-state index in [1.54, 1.807) is 6.92 Å². The number of carbonyl (C=O) groups is 1. The first-order chi connectivity index (χ1) is 10.2. The summed E-state index contributed by atoms with van der Waals surface area (Å²) in [5.74, 6) is 2.63. The van der Waals surface area contributed by atoms with Crippen molar-refractivity contribution in [1.29, 1.82) is 0 Å². The van der Waals surface area contributed by atoms with E-state index in [1.807, 2.05) is 0 Å². The molecule has 2 atom stereocenters. The largest absolute Gasteiger partial charge is 0.463 e. The Kier molecular flexibility index (Phi) is 7.06. The van der Waals surface area contributed by atoms with Gasteiger partial charge in [-0.2, -0.15) is 0 Å². The van der Waals surface area contributed by atoms with Crippen LogP contribution in [0.4, 0.5) is 0 Å². The van der Waals surface area contributed by atoms with Gasteiger partial charge in [0.1, 0.15) is 6.10 Å². The molecule has 2 heteroatoms. The van der Waals surface area contributed by atoms with Crippen LogP contribution >= 0.6 is 0 Å². The van der Waals surface area contributed by atoms with E-state index in [0.717, 1.165) is 30.6 Å². The Hall–Kier alpha value is -0.530. The van der Waals surface area contributed by atoms with E-state index in [1.165, 1.54) is 64.2 Å². The van der Waals surface area contributed by atoms with Crippen molar-refractivity contribution in [1.82, 2.24) is 0 Å². The summed E-state index contributed by atoms with van der Waals surface area (Å²) in [5, 5.41) is 0. The van der Waals surface area contributed by atoms with Crippen LogP contribution in [0.5, 0.6) is 0 Å². The van der Waals surface area contributed by atoms with E-state index in [4.69, 9.17) is 4.74 Å². The monoisotopic (exact) mass is 294 g/mol. The highest BCUT2D eigenvalue weighted by molar-refractivity contribution is 5.66. The fourth-order valence-corrected chi connectivity index (χ4v) is 4.58. The summed E-state index contributed by atoms with van der Waals surface area (Å²) < 4.78 is 5.46. The van der Waals surface area contributed by atoms with Crippen LogP contribution in [0.15, 0.2) is 0 Å². The lowest BCUT2D eigenvalue weighted by Gasteiger charge is -2.38. The number of esters is 1. The Morgan fingerprint density at radius 3 is 2.43 bits per heavy atom. The molecule has 0 saturated heterocycles. The van der Waals surface area contributed by atoms with E-state index in [9.17, 15) is 4.79 Å². The van der Waals surface area contributed by atoms with Crippen LogP contribution < -0.4 is 0 Å². The minimum absolute atomic E-state index is 0.0970. The summed E-state index contributed by atoms with van der Waals surface area (Å²) in [5.41, 5.74) is 0. The van der Waals surface area contributed by atoms with Crippen LogP contribution in [-0.2, 0) is 9.53 Å². The van der Waals surface area contributed by atoms with Gasteiger partial charge in [-0.1, -0.05) is 45.4 Å². The molecule has 0 aromatic heterocycles. The van der Waals surface area contributed by atoms with Crippen molar-refractivity contribution in [3.63, 3.8) is 0 Å². The lowest BCUT2D eigenvalue weighted by molar-refractivity contribution is -0.149. The summed E-state index contributed by atoms with van der Waals surface area (Å²) in [6.07, 6.45) is 16.4. The Bertz CT molecular complexity index is 305. The second kappa shape index (κ2) is 8.80. The quantitative estimate of drug-likeness (QED) is 0.478. The Labute approximate surface area is 131 Å². The van der Waals surface area contributed by atoms with Gasteiger partial charge in [0.15, 0.2) is 0 Å². The van der Waals surface area contributed by atoms with Gasteiger partial charge in [0.2, 0.25) is 0 Å². The molecule has 2 fully saturated rings. The van der Waals surface area contributed by atoms with Gasteiger partial charge in [0.25, 0.3) is 0 Å². The van der Waals surface area contributed by atoms with Gasteiger partial charge in [-0.25, -0.2) is 0 Å². The van der Waals surface area contributed by atoms with Gasteiger partial charge in [0, 0.05) is 6.92 Å². The molecule has 2 saturated carbocycles. The molecular formula is C19H34O2. The summed E-state index contributed by atoms with van der Waals surface area (Å²) in [7, 11) is 0. The molecular weight excluding hydrogens is 260 g/mol. The average molecular weight is 294 g/mol. The third-order valence-electron chi connectivity index (χ3n) is 5.77. The number of hydrogen-bond donors (Lipinski definition) is 0. The second-order valence-electron chi connectivity index (χ2n) is 7.43. The molecule has 0 unspecified atom stereocenters. The maximum atomic E-state index is 11.1. The molecule has 0 aromatic carbocycles. The summed E-state index contributed by atoms with van der Waals surface area (Å²) in [6, 6.07) is 0. The first-order valence-electron chi connectivity index (χ1n) is 9.36. The summed E-state index contributed by atoms with van der Waals surface area (Å²) >= 11 is 0. The minimum Gasteiger partial charge on any atom is -0.463 e. The highest BCUT2D eigenvalue weighted by Gasteiger charge is 2.32. The van der Waals surface area contributed by atoms with Crippen molar-refractivity contribution >= 4 is 5.97 Å². The average Bonchev–Trinajstić information content (AvgIpc) is 2.48. The smallest absolute Gasteiger partial charge is 0.302 e. The Balaban J connectivity index is 1.70. The second-order valence-corrected chi connectivity index (χ2v) is 7.43. The molecule has 0 aromatic rings. The molecule has 0 aliphatic heterocycles. The van der Waals surface area contributed by atoms with Gasteiger partial charge in [-0.3, -0.25) is 4.79 Å². The molecule has 2 aliphatic rings. The van der Waals surface area contributed by atoms with Gasteiger partial charge < -0.3 is 4.74 Å². The first kappa shape index (κ1) is 16.8. The van der Waals surface area contributed by atoms with Crippen LogP contribution in [0, 0.1) is 17.8 Å². The van der Waals surface area contributed by atoms with Gasteiger partial charge >= 0.3 is 5.97 Å². The highest BCUT2D eigenvalue weighted by Crippen LogP contribution is 2.41. The Morgan fingerprint density at radius 1 is 1.00 bits per heavy atom. The number of unbranched alkanes of at least 4 members (excludes halogenated alkanes) is 2. The number of carbonyl (C=O) groups excluding carboxylic acids is 1. The van der Waals surface area contributed by atoms with E-state index in [0.29, 0.717) is 0 Å². The molecule has 0 heterocycles. The van der Waals surface area contributed by atoms with Crippen LogP contribution in [0.3, 0.4) is 0 Å². The third-order valence-corrected chi connectivity index (χ3v) is 5.77. The molecule has 0 radical (unpaired) electrons. The van der Waals surface area contributed by atoms with Crippen molar-refractivity contribution in [3.05, 3.63) is 0 Å². The van der Waals surface area contributed by atoms with Crippen molar-refractivity contribution in [3.8, 4) is 0 Å². The van der Waals surface area contributed by atoms with Crippen molar-refractivity contribution in [2.45, 2.75) is 97.0 Å². The molecule has 0 spiro atoms. The van der Waals surface area contributed by atoms with Crippen molar-refractivity contribution in [2.24, 2.45) is 17.8 Å². The lowest BCUT2D eigenvalue weighted by Crippen LogP contribution is -2.30. The fraction of sp³-hybridized carbons (Fsp3) is 0.947. The maximum Gasteiger partial charge on any atom is 0.302 e. The number of rotatable bonds is 6. The number of hydrogen-bond acceptors (Lipinski definition) is 2. The van der Waals surface area contributed by atoms with E-state index in [2.05, 4.69) is 6.92 Å². The number of ether oxygens (including phenoxy) is 1. The van der Waals surface area contributed by atoms with E-state index >= 15 is 0 Å². The van der Waals surface area contributed by atoms with Crippen molar-refractivity contribution in [2.75, 3.05) is 0 Å². The van der Waals surface area contributed by atoms with E-state index in [-0.39, 0.29) is 12.1 Å². The topological polar surface area (TPSA) is 26.3 Å². The zero-order chi connectivity index (χ0) is 15.1. The van der Waals surface area contributed by atoms with E-state index < -0.39 is 0 Å². The third kappa shape index (κ3) is 5.64. The van der Waals surface area contributed by atoms with Crippen LogP contribution in [0.1, 0.15) is 90.9 Å². The van der Waals surface area contributed by atoms with Gasteiger partial charge in [0.05, 0.1) is 0 Å². The fourth-order valence-electron chi connectivity index (χ4n) is 4.58. The summed E-state index contributed by atoms with van der Waals surface area (Å²) in [6.45, 7) is 3.84. The van der Waals surface area contributed by atoms with Crippen LogP contribution in [-0.4, -0.2) is 12.1 Å².